The van der Waals surface area contributed by atoms with E-state index in [1.54, 1.807) is 0 Å². The first-order valence-electron chi connectivity index (χ1n) is 10.2. The molecule has 2 aromatic carbocycles. The van der Waals surface area contributed by atoms with Gasteiger partial charge in [0, 0.05) is 12.2 Å². The maximum atomic E-state index is 12.2. The third-order valence-electron chi connectivity index (χ3n) is 4.45. The second kappa shape index (κ2) is 11.9. The summed E-state index contributed by atoms with van der Waals surface area (Å²) >= 11 is 6.15. The first kappa shape index (κ1) is 24.2. The summed E-state index contributed by atoms with van der Waals surface area (Å²) in [4.78, 5) is 12.2. The van der Waals surface area contributed by atoms with Crippen LogP contribution in [0.3, 0.4) is 0 Å². The van der Waals surface area contributed by atoms with Gasteiger partial charge in [0.1, 0.15) is 5.75 Å². The molecule has 0 aliphatic rings. The van der Waals surface area contributed by atoms with E-state index in [9.17, 15) is 13.2 Å². The third-order valence-corrected chi connectivity index (χ3v) is 6.21. The van der Waals surface area contributed by atoms with Gasteiger partial charge in [-0.1, -0.05) is 50.4 Å². The number of anilines is 1. The fourth-order valence-electron chi connectivity index (χ4n) is 2.71. The van der Waals surface area contributed by atoms with Gasteiger partial charge in [0.15, 0.2) is 6.61 Å². The highest BCUT2D eigenvalue weighted by Gasteiger charge is 2.16. The lowest BCUT2D eigenvalue weighted by Gasteiger charge is -2.11. The average molecular weight is 453 g/mol. The first-order chi connectivity index (χ1) is 14.4. The van der Waals surface area contributed by atoms with Crippen LogP contribution in [0.5, 0.6) is 5.75 Å². The van der Waals surface area contributed by atoms with Crippen molar-refractivity contribution in [2.75, 3.05) is 18.5 Å². The van der Waals surface area contributed by atoms with Gasteiger partial charge in [0.2, 0.25) is 10.0 Å². The number of aryl methyl sites for hydroxylation is 1. The Balaban J connectivity index is 1.90. The molecule has 0 saturated carbocycles. The Kier molecular flexibility index (Phi) is 9.62. The molecule has 164 valence electrons. The van der Waals surface area contributed by atoms with E-state index < -0.39 is 10.0 Å². The molecule has 0 bridgehead atoms. The fraction of sp³-hybridized carbons (Fsp3) is 0.409. The number of hydrogen-bond donors (Lipinski definition) is 2. The summed E-state index contributed by atoms with van der Waals surface area (Å²) in [6, 6.07) is 11.9. The van der Waals surface area contributed by atoms with E-state index in [-0.39, 0.29) is 28.2 Å². The first-order valence-corrected chi connectivity index (χ1v) is 12.0. The van der Waals surface area contributed by atoms with E-state index in [1.165, 1.54) is 23.8 Å². The van der Waals surface area contributed by atoms with E-state index in [1.807, 2.05) is 31.2 Å². The van der Waals surface area contributed by atoms with Crippen molar-refractivity contribution in [1.82, 2.24) is 4.72 Å². The van der Waals surface area contributed by atoms with Gasteiger partial charge in [-0.2, -0.15) is 0 Å². The number of nitrogens with one attached hydrogen (secondary N) is 2. The van der Waals surface area contributed by atoms with Gasteiger partial charge < -0.3 is 10.1 Å². The van der Waals surface area contributed by atoms with Crippen molar-refractivity contribution in [2.45, 2.75) is 50.8 Å². The molecule has 2 rings (SSSR count). The van der Waals surface area contributed by atoms with Crippen LogP contribution >= 0.6 is 11.6 Å². The van der Waals surface area contributed by atoms with Crippen LogP contribution in [-0.4, -0.2) is 27.5 Å². The zero-order valence-corrected chi connectivity index (χ0v) is 19.0. The Hall–Kier alpha value is -2.09. The number of rotatable bonds is 12. The number of benzene rings is 2. The summed E-state index contributed by atoms with van der Waals surface area (Å²) in [5.74, 6) is -0.0838. The molecular weight excluding hydrogens is 424 g/mol. The number of sulfonamides is 1. The molecule has 0 heterocycles. The second-order valence-corrected chi connectivity index (χ2v) is 9.16. The molecule has 0 aliphatic carbocycles. The van der Waals surface area contributed by atoms with Gasteiger partial charge in [-0.05, 0) is 55.2 Å². The Morgan fingerprint density at radius 1 is 1.03 bits per heavy atom. The number of carbonyl (C=O) groups excluding carboxylic acids is 1. The minimum Gasteiger partial charge on any atom is -0.482 e. The van der Waals surface area contributed by atoms with Crippen molar-refractivity contribution in [3.63, 3.8) is 0 Å². The second-order valence-electron chi connectivity index (χ2n) is 6.98. The molecular formula is C22H29ClN2O4S. The quantitative estimate of drug-likeness (QED) is 0.454. The van der Waals surface area contributed by atoms with Crippen LogP contribution in [0.2, 0.25) is 5.02 Å². The van der Waals surface area contributed by atoms with Crippen molar-refractivity contribution in [1.29, 1.82) is 0 Å². The topological polar surface area (TPSA) is 84.5 Å². The molecule has 0 fully saturated rings. The zero-order valence-electron chi connectivity index (χ0n) is 17.4. The SMILES string of the molecule is CCCCNS(=O)(=O)c1ccc(OCC(=O)Nc2ccc(CCCC)cc2)c(Cl)c1. The third kappa shape index (κ3) is 7.63. The van der Waals surface area contributed by atoms with Gasteiger partial charge in [-0.25, -0.2) is 13.1 Å². The van der Waals surface area contributed by atoms with Crippen LogP contribution in [0, 0.1) is 0 Å². The highest BCUT2D eigenvalue weighted by atomic mass is 35.5. The highest BCUT2D eigenvalue weighted by Crippen LogP contribution is 2.27. The van der Waals surface area contributed by atoms with E-state index in [2.05, 4.69) is 17.0 Å². The largest absolute Gasteiger partial charge is 0.482 e. The Labute approximate surface area is 184 Å². The van der Waals surface area contributed by atoms with Gasteiger partial charge >= 0.3 is 0 Å². The summed E-state index contributed by atoms with van der Waals surface area (Å²) in [6.07, 6.45) is 4.94. The van der Waals surface area contributed by atoms with Crippen LogP contribution in [0.1, 0.15) is 45.1 Å². The lowest BCUT2D eigenvalue weighted by molar-refractivity contribution is -0.118. The Bertz CT molecular complexity index is 931. The van der Waals surface area contributed by atoms with Gasteiger partial charge in [0.05, 0.1) is 9.92 Å². The molecule has 0 aliphatic heterocycles. The standard InChI is InChI=1S/C22H29ClN2O4S/c1-3-5-7-17-8-10-18(11-9-17)25-22(26)16-29-21-13-12-19(15-20(21)23)30(27,28)24-14-6-4-2/h8-13,15,24H,3-7,14,16H2,1-2H3,(H,25,26). The van der Waals surface area contributed by atoms with Crippen LogP contribution in [0.25, 0.3) is 0 Å². The minimum atomic E-state index is -3.62. The molecule has 2 aromatic rings. The van der Waals surface area contributed by atoms with Crippen molar-refractivity contribution in [3.8, 4) is 5.75 Å². The average Bonchev–Trinajstić information content (AvgIpc) is 2.72. The van der Waals surface area contributed by atoms with E-state index >= 15 is 0 Å². The number of hydrogen-bond acceptors (Lipinski definition) is 4. The van der Waals surface area contributed by atoms with Crippen molar-refractivity contribution < 1.29 is 17.9 Å². The monoisotopic (exact) mass is 452 g/mol. The predicted octanol–water partition coefficient (Wildman–Crippen LogP) is 4.78. The van der Waals surface area contributed by atoms with Gasteiger partial charge in [-0.15, -0.1) is 0 Å². The predicted molar refractivity (Wildman–Crippen MR) is 121 cm³/mol. The number of ether oxygens (including phenoxy) is 1. The summed E-state index contributed by atoms with van der Waals surface area (Å²) < 4.78 is 32.5. The molecule has 0 spiro atoms. The molecule has 0 aromatic heterocycles. The fourth-order valence-corrected chi connectivity index (χ4v) is 4.11. The molecule has 2 N–H and O–H groups in total. The molecule has 0 atom stereocenters. The maximum absolute atomic E-state index is 12.2. The van der Waals surface area contributed by atoms with Crippen molar-refractivity contribution >= 4 is 33.2 Å². The summed E-state index contributed by atoms with van der Waals surface area (Å²) in [7, 11) is -3.62. The molecule has 1 amide bonds. The normalized spacial score (nSPS) is 11.3. The van der Waals surface area contributed by atoms with Crippen LogP contribution in [0.4, 0.5) is 5.69 Å². The molecule has 0 radical (unpaired) electrons. The Morgan fingerprint density at radius 3 is 2.37 bits per heavy atom. The summed E-state index contributed by atoms with van der Waals surface area (Å²) in [5.41, 5.74) is 1.92. The minimum absolute atomic E-state index is 0.0589. The number of unbranched alkanes of at least 4 members (excludes halogenated alkanes) is 2. The van der Waals surface area contributed by atoms with E-state index in [0.29, 0.717) is 12.2 Å². The zero-order chi connectivity index (χ0) is 22.0. The van der Waals surface area contributed by atoms with E-state index in [4.69, 9.17) is 16.3 Å². The van der Waals surface area contributed by atoms with Crippen molar-refractivity contribution in [3.05, 3.63) is 53.1 Å². The lowest BCUT2D eigenvalue weighted by Crippen LogP contribution is -2.24. The Morgan fingerprint density at radius 2 is 1.73 bits per heavy atom. The van der Waals surface area contributed by atoms with Crippen molar-refractivity contribution in [2.24, 2.45) is 0 Å². The maximum Gasteiger partial charge on any atom is 0.262 e. The van der Waals surface area contributed by atoms with Crippen LogP contribution in [-0.2, 0) is 21.2 Å². The smallest absolute Gasteiger partial charge is 0.262 e. The molecule has 6 nitrogen and oxygen atoms in total. The molecule has 8 heteroatoms. The lowest BCUT2D eigenvalue weighted by atomic mass is 10.1. The summed E-state index contributed by atoms with van der Waals surface area (Å²) in [6.45, 7) is 4.26. The molecule has 0 saturated heterocycles. The number of carbonyl (C=O) groups is 1. The summed E-state index contributed by atoms with van der Waals surface area (Å²) in [5, 5.41) is 2.89. The highest BCUT2D eigenvalue weighted by molar-refractivity contribution is 7.89. The number of amides is 1. The van der Waals surface area contributed by atoms with Crippen LogP contribution < -0.4 is 14.8 Å². The molecule has 0 unspecified atom stereocenters. The number of halogens is 1. The van der Waals surface area contributed by atoms with Gasteiger partial charge in [-0.3, -0.25) is 4.79 Å². The van der Waals surface area contributed by atoms with Gasteiger partial charge in [0.25, 0.3) is 5.91 Å². The molecule has 30 heavy (non-hydrogen) atoms. The van der Waals surface area contributed by atoms with Crippen LogP contribution in [0.15, 0.2) is 47.4 Å². The van der Waals surface area contributed by atoms with E-state index in [0.717, 1.165) is 32.1 Å².